The summed E-state index contributed by atoms with van der Waals surface area (Å²) in [5.74, 6) is 0.996. The van der Waals surface area contributed by atoms with Gasteiger partial charge in [0.25, 0.3) is 0 Å². The van der Waals surface area contributed by atoms with Crippen molar-refractivity contribution >= 4 is 35.6 Å². The number of para-hydroxylation sites is 1. The highest BCUT2D eigenvalue weighted by atomic mass is 127. The second kappa shape index (κ2) is 9.70. The van der Waals surface area contributed by atoms with Crippen LogP contribution in [-0.2, 0) is 6.54 Å². The number of aliphatic imine (C=N–C) groups is 1. The van der Waals surface area contributed by atoms with Crippen molar-refractivity contribution in [3.63, 3.8) is 0 Å². The molecule has 6 nitrogen and oxygen atoms in total. The van der Waals surface area contributed by atoms with E-state index in [1.807, 2.05) is 18.2 Å². The zero-order valence-corrected chi connectivity index (χ0v) is 16.9. The van der Waals surface area contributed by atoms with E-state index in [-0.39, 0.29) is 30.5 Å². The highest BCUT2D eigenvalue weighted by Gasteiger charge is 2.20. The minimum atomic E-state index is -2.59. The smallest absolute Gasteiger partial charge is 0.319 e. The van der Waals surface area contributed by atoms with E-state index >= 15 is 0 Å². The molecular formula is C17H23F2IN6. The lowest BCUT2D eigenvalue weighted by molar-refractivity contribution is 0.0668. The molecular weight excluding hydrogens is 453 g/mol. The molecule has 142 valence electrons. The summed E-state index contributed by atoms with van der Waals surface area (Å²) in [4.78, 5) is 12.7. The van der Waals surface area contributed by atoms with E-state index in [1.54, 1.807) is 7.05 Å². The highest BCUT2D eigenvalue weighted by molar-refractivity contribution is 14.0. The van der Waals surface area contributed by atoms with Crippen LogP contribution >= 0.6 is 24.0 Å². The molecule has 1 aliphatic heterocycles. The van der Waals surface area contributed by atoms with Crippen molar-refractivity contribution in [2.75, 3.05) is 38.1 Å². The first-order valence-electron chi connectivity index (χ1n) is 8.24. The van der Waals surface area contributed by atoms with Gasteiger partial charge in [0.05, 0.1) is 6.54 Å². The maximum absolute atomic E-state index is 12.9. The number of halogens is 3. The van der Waals surface area contributed by atoms with E-state index in [2.05, 4.69) is 37.2 Å². The summed E-state index contributed by atoms with van der Waals surface area (Å²) in [5, 5.41) is 3.13. The Kier molecular flexibility index (Phi) is 7.61. The van der Waals surface area contributed by atoms with Crippen LogP contribution in [0.4, 0.5) is 14.5 Å². The summed E-state index contributed by atoms with van der Waals surface area (Å²) in [6.07, 6.45) is 2.66. The molecule has 1 saturated heterocycles. The van der Waals surface area contributed by atoms with E-state index in [4.69, 9.17) is 0 Å². The molecule has 1 aliphatic rings. The number of anilines is 1. The van der Waals surface area contributed by atoms with Crippen molar-refractivity contribution in [3.8, 4) is 0 Å². The Labute approximate surface area is 168 Å². The van der Waals surface area contributed by atoms with E-state index < -0.39 is 6.55 Å². The molecule has 0 spiro atoms. The Morgan fingerprint density at radius 2 is 1.88 bits per heavy atom. The Bertz CT molecular complexity index is 698. The summed E-state index contributed by atoms with van der Waals surface area (Å²) in [5.41, 5.74) is 1.21. The number of alkyl halides is 2. The Morgan fingerprint density at radius 3 is 2.50 bits per heavy atom. The highest BCUT2D eigenvalue weighted by Crippen LogP contribution is 2.16. The topological polar surface area (TPSA) is 48.7 Å². The molecule has 0 bridgehead atoms. The van der Waals surface area contributed by atoms with Crippen LogP contribution in [0.3, 0.4) is 0 Å². The minimum Gasteiger partial charge on any atom is -0.368 e. The predicted octanol–water partition coefficient (Wildman–Crippen LogP) is 2.79. The Morgan fingerprint density at radius 1 is 1.19 bits per heavy atom. The van der Waals surface area contributed by atoms with Gasteiger partial charge in [-0.25, -0.2) is 4.98 Å². The van der Waals surface area contributed by atoms with Crippen molar-refractivity contribution in [2.24, 2.45) is 4.99 Å². The Hall–Kier alpha value is -1.91. The molecule has 26 heavy (non-hydrogen) atoms. The van der Waals surface area contributed by atoms with Gasteiger partial charge in [0.2, 0.25) is 0 Å². The molecule has 9 heteroatoms. The third-order valence-corrected chi connectivity index (χ3v) is 4.28. The molecule has 0 atom stereocenters. The maximum atomic E-state index is 12.9. The van der Waals surface area contributed by atoms with Crippen molar-refractivity contribution < 1.29 is 8.78 Å². The zero-order chi connectivity index (χ0) is 17.6. The summed E-state index contributed by atoms with van der Waals surface area (Å²) in [7, 11) is 1.70. The van der Waals surface area contributed by atoms with Gasteiger partial charge >= 0.3 is 6.55 Å². The van der Waals surface area contributed by atoms with Crippen LogP contribution in [0.2, 0.25) is 0 Å². The van der Waals surface area contributed by atoms with Gasteiger partial charge in [-0.05, 0) is 12.1 Å². The SMILES string of the molecule is CN=C(NCc1nccn1C(F)F)N1CCN(c2ccccc2)CC1.I. The molecule has 1 fully saturated rings. The molecule has 0 saturated carbocycles. The van der Waals surface area contributed by atoms with Crippen molar-refractivity contribution in [1.82, 2.24) is 19.8 Å². The monoisotopic (exact) mass is 476 g/mol. The van der Waals surface area contributed by atoms with Crippen LogP contribution in [0.5, 0.6) is 0 Å². The fraction of sp³-hybridized carbons (Fsp3) is 0.412. The molecule has 0 amide bonds. The van der Waals surface area contributed by atoms with Gasteiger partial charge in [-0.3, -0.25) is 9.56 Å². The number of benzene rings is 1. The molecule has 2 aromatic rings. The minimum absolute atomic E-state index is 0. The van der Waals surface area contributed by atoms with E-state index in [9.17, 15) is 8.78 Å². The molecule has 3 rings (SSSR count). The van der Waals surface area contributed by atoms with Gasteiger partial charge in [-0.1, -0.05) is 18.2 Å². The van der Waals surface area contributed by atoms with Gasteiger partial charge in [0.1, 0.15) is 5.82 Å². The van der Waals surface area contributed by atoms with Crippen LogP contribution < -0.4 is 10.2 Å². The fourth-order valence-corrected chi connectivity index (χ4v) is 2.96. The average Bonchev–Trinajstić information content (AvgIpc) is 3.12. The van der Waals surface area contributed by atoms with E-state index in [1.165, 1.54) is 18.1 Å². The number of piperazine rings is 1. The largest absolute Gasteiger partial charge is 0.368 e. The van der Waals surface area contributed by atoms with Crippen LogP contribution in [0, 0.1) is 0 Å². The zero-order valence-electron chi connectivity index (χ0n) is 14.6. The summed E-state index contributed by atoms with van der Waals surface area (Å²) >= 11 is 0. The Balaban J connectivity index is 0.00000243. The number of nitrogens with one attached hydrogen (secondary N) is 1. The normalized spacial score (nSPS) is 15.2. The van der Waals surface area contributed by atoms with Crippen LogP contribution in [0.1, 0.15) is 12.4 Å². The number of hydrogen-bond donors (Lipinski definition) is 1. The maximum Gasteiger partial charge on any atom is 0.319 e. The number of rotatable bonds is 4. The first-order chi connectivity index (χ1) is 12.2. The molecule has 1 aromatic heterocycles. The number of imidazole rings is 1. The third kappa shape index (κ3) is 4.83. The molecule has 1 N–H and O–H groups in total. The van der Waals surface area contributed by atoms with Gasteiger partial charge in [0, 0.05) is 51.3 Å². The van der Waals surface area contributed by atoms with Gasteiger partial charge < -0.3 is 15.1 Å². The lowest BCUT2D eigenvalue weighted by atomic mass is 10.2. The number of guanidine groups is 1. The summed E-state index contributed by atoms with van der Waals surface area (Å²) in [6, 6.07) is 10.3. The molecule has 2 heterocycles. The molecule has 0 radical (unpaired) electrons. The molecule has 1 aromatic carbocycles. The second-order valence-electron chi connectivity index (χ2n) is 5.74. The quantitative estimate of drug-likeness (QED) is 0.419. The first-order valence-corrected chi connectivity index (χ1v) is 8.24. The average molecular weight is 476 g/mol. The van der Waals surface area contributed by atoms with Crippen molar-refractivity contribution in [3.05, 3.63) is 48.5 Å². The second-order valence-corrected chi connectivity index (χ2v) is 5.74. The summed E-state index contributed by atoms with van der Waals surface area (Å²) in [6.45, 7) is 1.03. The first kappa shape index (κ1) is 20.4. The van der Waals surface area contributed by atoms with Crippen LogP contribution in [0.25, 0.3) is 0 Å². The van der Waals surface area contributed by atoms with E-state index in [0.29, 0.717) is 11.8 Å². The van der Waals surface area contributed by atoms with Gasteiger partial charge in [-0.2, -0.15) is 8.78 Å². The van der Waals surface area contributed by atoms with Crippen molar-refractivity contribution in [2.45, 2.75) is 13.1 Å². The van der Waals surface area contributed by atoms with Crippen LogP contribution in [0.15, 0.2) is 47.7 Å². The fourth-order valence-electron chi connectivity index (χ4n) is 2.96. The van der Waals surface area contributed by atoms with E-state index in [0.717, 1.165) is 30.7 Å². The number of hydrogen-bond acceptors (Lipinski definition) is 3. The molecule has 0 unspecified atom stereocenters. The lowest BCUT2D eigenvalue weighted by Crippen LogP contribution is -2.52. The lowest BCUT2D eigenvalue weighted by Gasteiger charge is -2.37. The van der Waals surface area contributed by atoms with Gasteiger partial charge in [0.15, 0.2) is 5.96 Å². The standard InChI is InChI=1S/C17H22F2N6.HI/c1-20-17(22-13-15-21-7-8-25(15)16(18)19)24-11-9-23(10-12-24)14-5-3-2-4-6-14;/h2-8,16H,9-13H2,1H3,(H,20,22);1H. The van der Waals surface area contributed by atoms with Gasteiger partial charge in [-0.15, -0.1) is 24.0 Å². The van der Waals surface area contributed by atoms with Crippen LogP contribution in [-0.4, -0.2) is 53.6 Å². The predicted molar refractivity (Wildman–Crippen MR) is 109 cm³/mol. The molecule has 0 aliphatic carbocycles. The number of nitrogens with zero attached hydrogens (tertiary/aromatic N) is 5. The van der Waals surface area contributed by atoms with Crippen molar-refractivity contribution in [1.29, 1.82) is 0 Å². The summed E-state index contributed by atoms with van der Waals surface area (Å²) < 4.78 is 26.6. The number of aromatic nitrogens is 2. The third-order valence-electron chi connectivity index (χ3n) is 4.28.